The molecule has 2 aliphatic carbocycles. The standard InChI is InChI=1S/C28H26Se/c1-3-7-23(8-4-1)11-13-25-15-19-27(20-16-25)29-28-21-17-26(18-22-28)14-12-24-9-5-2-6-10-24/h1-7,9,11-24H,8,10H2/b13-11-,14-12-/i8D,10D,23D,24D. The Bertz CT molecular complexity index is 1050. The first-order valence-electron chi connectivity index (χ1n) is 11.8. The Morgan fingerprint density at radius 3 is 1.55 bits per heavy atom. The Balaban J connectivity index is 1.37. The van der Waals surface area contributed by atoms with Gasteiger partial charge in [0.05, 0.1) is 0 Å². The van der Waals surface area contributed by atoms with Crippen molar-refractivity contribution in [2.24, 2.45) is 11.8 Å². The van der Waals surface area contributed by atoms with Crippen molar-refractivity contribution in [3.05, 3.63) is 120 Å². The van der Waals surface area contributed by atoms with E-state index in [4.69, 9.17) is 5.48 Å². The third kappa shape index (κ3) is 6.19. The molecule has 4 atom stereocenters. The normalized spacial score (nSPS) is 33.0. The number of allylic oxidation sites excluding steroid dienone is 10. The predicted molar refractivity (Wildman–Crippen MR) is 129 cm³/mol. The summed E-state index contributed by atoms with van der Waals surface area (Å²) in [5.41, 5.74) is 2.06. The zero-order valence-electron chi connectivity index (χ0n) is 20.1. The van der Waals surface area contributed by atoms with Gasteiger partial charge in [-0.3, -0.25) is 0 Å². The van der Waals surface area contributed by atoms with Crippen LogP contribution in [0.4, 0.5) is 0 Å². The van der Waals surface area contributed by atoms with Crippen molar-refractivity contribution in [2.45, 2.75) is 12.8 Å². The molecular formula is C28H26Se. The van der Waals surface area contributed by atoms with E-state index in [2.05, 4.69) is 48.5 Å². The van der Waals surface area contributed by atoms with E-state index in [0.29, 0.717) is 0 Å². The van der Waals surface area contributed by atoms with Crippen molar-refractivity contribution < 1.29 is 5.48 Å². The molecule has 0 saturated carbocycles. The molecule has 0 radical (unpaired) electrons. The Morgan fingerprint density at radius 1 is 0.690 bits per heavy atom. The Hall–Kier alpha value is -2.60. The first-order chi connectivity index (χ1) is 15.9. The summed E-state index contributed by atoms with van der Waals surface area (Å²) < 4.78 is 35.6. The minimum atomic E-state index is -1.02. The van der Waals surface area contributed by atoms with Crippen LogP contribution in [0.15, 0.2) is 109 Å². The quantitative estimate of drug-likeness (QED) is 0.506. The summed E-state index contributed by atoms with van der Waals surface area (Å²) in [6, 6.07) is 16.7. The molecule has 144 valence electrons. The van der Waals surface area contributed by atoms with E-state index in [1.54, 1.807) is 36.5 Å². The van der Waals surface area contributed by atoms with Crippen LogP contribution in [0, 0.1) is 11.8 Å². The molecule has 4 unspecified atom stereocenters. The van der Waals surface area contributed by atoms with Gasteiger partial charge in [-0.1, -0.05) is 0 Å². The Kier molecular flexibility index (Phi) is 5.40. The van der Waals surface area contributed by atoms with E-state index in [0.717, 1.165) is 11.1 Å². The van der Waals surface area contributed by atoms with Crippen molar-refractivity contribution in [1.29, 1.82) is 0 Å². The van der Waals surface area contributed by atoms with Crippen LogP contribution in [-0.2, 0) is 0 Å². The van der Waals surface area contributed by atoms with Crippen LogP contribution in [0.1, 0.15) is 29.4 Å². The second-order valence-corrected chi connectivity index (χ2v) is 9.13. The van der Waals surface area contributed by atoms with E-state index in [1.807, 2.05) is 36.5 Å². The van der Waals surface area contributed by atoms with Crippen molar-refractivity contribution in [3.63, 3.8) is 0 Å². The maximum absolute atomic E-state index is 8.45. The summed E-state index contributed by atoms with van der Waals surface area (Å²) in [5.74, 6) is -2.03. The maximum atomic E-state index is 8.45. The molecule has 0 N–H and O–H groups in total. The van der Waals surface area contributed by atoms with Crippen LogP contribution in [0.5, 0.6) is 0 Å². The van der Waals surface area contributed by atoms with Gasteiger partial charge in [-0.15, -0.1) is 0 Å². The van der Waals surface area contributed by atoms with Gasteiger partial charge in [0.25, 0.3) is 0 Å². The van der Waals surface area contributed by atoms with Gasteiger partial charge in [0, 0.05) is 0 Å². The molecule has 0 aromatic heterocycles. The van der Waals surface area contributed by atoms with Crippen molar-refractivity contribution in [1.82, 2.24) is 0 Å². The van der Waals surface area contributed by atoms with Crippen LogP contribution in [0.2, 0.25) is 0 Å². The van der Waals surface area contributed by atoms with E-state index in [-0.39, 0.29) is 15.0 Å². The second-order valence-electron chi connectivity index (χ2n) is 6.73. The zero-order chi connectivity index (χ0) is 23.3. The first-order valence-corrected chi connectivity index (χ1v) is 11.4. The average Bonchev–Trinajstić information content (AvgIpc) is 2.82. The fraction of sp³-hybridized carbons (Fsp3) is 0.143. The molecule has 0 spiro atoms. The Morgan fingerprint density at radius 2 is 1.14 bits per heavy atom. The SMILES string of the molecule is [2H]C1C=CC=CC1([2H])/C=C\c1ccc([Se]c2ccc(/C=C\C3([2H])C=CC=CC3[2H])cc2)cc1. The molecule has 0 bridgehead atoms. The van der Waals surface area contributed by atoms with Gasteiger partial charge in [0.1, 0.15) is 0 Å². The zero-order valence-corrected chi connectivity index (χ0v) is 17.8. The molecule has 0 nitrogen and oxygen atoms in total. The summed E-state index contributed by atoms with van der Waals surface area (Å²) in [6.45, 7) is 0. The van der Waals surface area contributed by atoms with E-state index >= 15 is 0 Å². The van der Waals surface area contributed by atoms with E-state index in [9.17, 15) is 0 Å². The van der Waals surface area contributed by atoms with Crippen molar-refractivity contribution in [3.8, 4) is 0 Å². The van der Waals surface area contributed by atoms with Crippen LogP contribution in [0.3, 0.4) is 0 Å². The number of hydrogen-bond acceptors (Lipinski definition) is 0. The average molecular weight is 446 g/mol. The second kappa shape index (κ2) is 10.3. The fourth-order valence-electron chi connectivity index (χ4n) is 2.94. The van der Waals surface area contributed by atoms with Gasteiger partial charge < -0.3 is 0 Å². The number of hydrogen-bond donors (Lipinski definition) is 0. The van der Waals surface area contributed by atoms with Crippen molar-refractivity contribution >= 4 is 36.0 Å². The molecule has 0 aliphatic heterocycles. The van der Waals surface area contributed by atoms with Crippen LogP contribution in [-0.4, -0.2) is 15.0 Å². The molecule has 0 saturated heterocycles. The van der Waals surface area contributed by atoms with E-state index < -0.39 is 24.6 Å². The number of benzene rings is 2. The molecule has 29 heavy (non-hydrogen) atoms. The molecule has 4 rings (SSSR count). The minimum absolute atomic E-state index is 0.185. The molecule has 2 aliphatic rings. The van der Waals surface area contributed by atoms with Gasteiger partial charge in [-0.25, -0.2) is 0 Å². The molecule has 0 fully saturated rings. The van der Waals surface area contributed by atoms with Gasteiger partial charge >= 0.3 is 187 Å². The molecule has 1 heteroatoms. The summed E-state index contributed by atoms with van der Waals surface area (Å²) >= 11 is 0.185. The first kappa shape index (κ1) is 15.3. The van der Waals surface area contributed by atoms with Gasteiger partial charge in [-0.05, 0) is 0 Å². The summed E-state index contributed by atoms with van der Waals surface area (Å²) in [7, 11) is 0. The van der Waals surface area contributed by atoms with Crippen molar-refractivity contribution in [2.75, 3.05) is 0 Å². The predicted octanol–water partition coefficient (Wildman–Crippen LogP) is 5.63. The van der Waals surface area contributed by atoms with Crippen LogP contribution < -0.4 is 8.92 Å². The van der Waals surface area contributed by atoms with Gasteiger partial charge in [0.2, 0.25) is 0 Å². The molecule has 2 aromatic carbocycles. The van der Waals surface area contributed by atoms with Gasteiger partial charge in [-0.2, -0.15) is 0 Å². The third-order valence-electron chi connectivity index (χ3n) is 4.53. The summed E-state index contributed by atoms with van der Waals surface area (Å²) in [4.78, 5) is 0. The third-order valence-corrected chi connectivity index (χ3v) is 6.66. The summed E-state index contributed by atoms with van der Waals surface area (Å²) in [5, 5.41) is 0. The fourth-order valence-corrected chi connectivity index (χ4v) is 4.66. The Labute approximate surface area is 186 Å². The molecule has 0 amide bonds. The van der Waals surface area contributed by atoms with Crippen LogP contribution >= 0.6 is 0 Å². The summed E-state index contributed by atoms with van der Waals surface area (Å²) in [6.07, 6.45) is 20.6. The van der Waals surface area contributed by atoms with Gasteiger partial charge in [0.15, 0.2) is 0 Å². The number of rotatable bonds is 6. The van der Waals surface area contributed by atoms with E-state index in [1.165, 1.54) is 8.92 Å². The van der Waals surface area contributed by atoms with Crippen LogP contribution in [0.25, 0.3) is 12.2 Å². The molecule has 2 aromatic rings. The molecular weight excluding hydrogens is 415 g/mol. The topological polar surface area (TPSA) is 0 Å². The molecule has 0 heterocycles. The monoisotopic (exact) mass is 446 g/mol.